The van der Waals surface area contributed by atoms with Crippen molar-refractivity contribution in [2.45, 2.75) is 20.0 Å². The Morgan fingerprint density at radius 1 is 1.37 bits per heavy atom. The van der Waals surface area contributed by atoms with Crippen LogP contribution in [0.3, 0.4) is 0 Å². The Kier molecular flexibility index (Phi) is 3.04. The van der Waals surface area contributed by atoms with Crippen LogP contribution in [0.2, 0.25) is 0 Å². The average Bonchev–Trinajstić information content (AvgIpc) is 3.01. The van der Waals surface area contributed by atoms with Crippen molar-refractivity contribution in [2.75, 3.05) is 0 Å². The molecule has 0 aliphatic heterocycles. The van der Waals surface area contributed by atoms with Crippen LogP contribution in [-0.4, -0.2) is 14.5 Å². The van der Waals surface area contributed by atoms with Crippen LogP contribution in [0.5, 0.6) is 0 Å². The third-order valence-corrected chi connectivity index (χ3v) is 3.85. The summed E-state index contributed by atoms with van der Waals surface area (Å²) in [6, 6.07) is 4.62. The minimum atomic E-state index is -0.255. The summed E-state index contributed by atoms with van der Waals surface area (Å²) in [7, 11) is 0. The van der Waals surface area contributed by atoms with Gasteiger partial charge in [0.1, 0.15) is 16.5 Å². The molecule has 0 fully saturated rings. The maximum atomic E-state index is 13.4. The van der Waals surface area contributed by atoms with Gasteiger partial charge in [0.25, 0.3) is 0 Å². The molecule has 0 radical (unpaired) electrons. The summed E-state index contributed by atoms with van der Waals surface area (Å²) >= 11 is 1.51. The van der Waals surface area contributed by atoms with Crippen molar-refractivity contribution in [2.24, 2.45) is 5.73 Å². The van der Waals surface area contributed by atoms with Gasteiger partial charge in [-0.15, -0.1) is 11.3 Å². The van der Waals surface area contributed by atoms with Crippen LogP contribution in [0, 0.1) is 5.82 Å². The number of halogens is 1. The fraction of sp³-hybridized carbons (Fsp3) is 0.231. The second-order valence-corrected chi connectivity index (χ2v) is 5.09. The van der Waals surface area contributed by atoms with E-state index in [1.807, 2.05) is 16.9 Å². The van der Waals surface area contributed by atoms with Crippen LogP contribution >= 0.6 is 11.3 Å². The number of rotatable bonds is 3. The van der Waals surface area contributed by atoms with Gasteiger partial charge < -0.3 is 10.3 Å². The summed E-state index contributed by atoms with van der Waals surface area (Å²) in [5, 5.41) is 2.81. The number of nitrogens with two attached hydrogens (primary N) is 1. The van der Waals surface area contributed by atoms with E-state index in [1.54, 1.807) is 6.07 Å². The fourth-order valence-corrected chi connectivity index (χ4v) is 2.77. The molecule has 0 saturated carbocycles. The zero-order valence-corrected chi connectivity index (χ0v) is 11.2. The molecule has 19 heavy (non-hydrogen) atoms. The SMILES string of the molecule is CCn1c(-c2csc(CN)n2)nc2ccc(F)cc21. The summed E-state index contributed by atoms with van der Waals surface area (Å²) in [5.41, 5.74) is 7.94. The molecule has 2 aromatic heterocycles. The standard InChI is InChI=1S/C13H13FN4S/c1-2-18-11-5-8(14)3-4-9(11)17-13(18)10-7-19-12(6-15)16-10/h3-5,7H,2,6,15H2,1H3. The molecule has 0 spiro atoms. The fourth-order valence-electron chi connectivity index (χ4n) is 2.12. The van der Waals surface area contributed by atoms with Crippen LogP contribution in [0.25, 0.3) is 22.6 Å². The van der Waals surface area contributed by atoms with Crippen LogP contribution < -0.4 is 5.73 Å². The summed E-state index contributed by atoms with van der Waals surface area (Å²) in [6.07, 6.45) is 0. The number of hydrogen-bond donors (Lipinski definition) is 1. The summed E-state index contributed by atoms with van der Waals surface area (Å²) in [4.78, 5) is 8.98. The van der Waals surface area contributed by atoms with E-state index >= 15 is 0 Å². The number of fused-ring (bicyclic) bond motifs is 1. The lowest BCUT2D eigenvalue weighted by Gasteiger charge is -2.03. The highest BCUT2D eigenvalue weighted by Gasteiger charge is 2.14. The lowest BCUT2D eigenvalue weighted by molar-refractivity contribution is 0.628. The Morgan fingerprint density at radius 2 is 2.21 bits per heavy atom. The van der Waals surface area contributed by atoms with E-state index in [9.17, 15) is 4.39 Å². The lowest BCUT2D eigenvalue weighted by Crippen LogP contribution is -1.99. The van der Waals surface area contributed by atoms with Gasteiger partial charge in [0.15, 0.2) is 5.82 Å². The van der Waals surface area contributed by atoms with Gasteiger partial charge in [0.2, 0.25) is 0 Å². The largest absolute Gasteiger partial charge is 0.325 e. The van der Waals surface area contributed by atoms with Crippen molar-refractivity contribution in [3.63, 3.8) is 0 Å². The number of hydrogen-bond acceptors (Lipinski definition) is 4. The predicted octanol–water partition coefficient (Wildman–Crippen LogP) is 2.78. The van der Waals surface area contributed by atoms with Crippen molar-refractivity contribution in [3.8, 4) is 11.5 Å². The summed E-state index contributed by atoms with van der Waals surface area (Å²) in [6.45, 7) is 3.14. The van der Waals surface area contributed by atoms with Crippen molar-refractivity contribution in [1.82, 2.24) is 14.5 Å². The molecule has 98 valence electrons. The van der Waals surface area contributed by atoms with Gasteiger partial charge in [-0.3, -0.25) is 0 Å². The average molecular weight is 276 g/mol. The third-order valence-electron chi connectivity index (χ3n) is 2.98. The van der Waals surface area contributed by atoms with Gasteiger partial charge in [-0.25, -0.2) is 14.4 Å². The van der Waals surface area contributed by atoms with Gasteiger partial charge in [0, 0.05) is 18.5 Å². The van der Waals surface area contributed by atoms with Crippen molar-refractivity contribution < 1.29 is 4.39 Å². The molecular weight excluding hydrogens is 263 g/mol. The van der Waals surface area contributed by atoms with E-state index < -0.39 is 0 Å². The van der Waals surface area contributed by atoms with Crippen LogP contribution in [0.1, 0.15) is 11.9 Å². The minimum Gasteiger partial charge on any atom is -0.325 e. The van der Waals surface area contributed by atoms with Crippen molar-refractivity contribution in [1.29, 1.82) is 0 Å². The Hall–Kier alpha value is -1.79. The Labute approximate surface area is 113 Å². The zero-order chi connectivity index (χ0) is 13.4. The van der Waals surface area contributed by atoms with Crippen molar-refractivity contribution >= 4 is 22.4 Å². The second kappa shape index (κ2) is 4.71. The number of nitrogens with zero attached hydrogens (tertiary/aromatic N) is 3. The number of aromatic nitrogens is 3. The molecule has 4 nitrogen and oxygen atoms in total. The van der Waals surface area contributed by atoms with E-state index in [-0.39, 0.29) is 5.82 Å². The highest BCUT2D eigenvalue weighted by Crippen LogP contribution is 2.26. The van der Waals surface area contributed by atoms with E-state index in [4.69, 9.17) is 5.73 Å². The number of thiazole rings is 1. The van der Waals surface area contributed by atoms with E-state index in [2.05, 4.69) is 9.97 Å². The topological polar surface area (TPSA) is 56.7 Å². The second-order valence-electron chi connectivity index (χ2n) is 4.14. The molecule has 1 aromatic carbocycles. The highest BCUT2D eigenvalue weighted by atomic mass is 32.1. The smallest absolute Gasteiger partial charge is 0.160 e. The third kappa shape index (κ3) is 2.02. The molecular formula is C13H13FN4S. The molecule has 0 aliphatic carbocycles. The molecule has 2 heterocycles. The van der Waals surface area contributed by atoms with Gasteiger partial charge in [-0.05, 0) is 25.1 Å². The lowest BCUT2D eigenvalue weighted by atomic mass is 10.3. The maximum Gasteiger partial charge on any atom is 0.160 e. The molecule has 2 N–H and O–H groups in total. The first-order valence-electron chi connectivity index (χ1n) is 6.03. The zero-order valence-electron chi connectivity index (χ0n) is 10.4. The highest BCUT2D eigenvalue weighted by molar-refractivity contribution is 7.09. The summed E-state index contributed by atoms with van der Waals surface area (Å²) in [5.74, 6) is 0.508. The van der Waals surface area contributed by atoms with Gasteiger partial charge >= 0.3 is 0 Å². The van der Waals surface area contributed by atoms with Gasteiger partial charge in [0.05, 0.1) is 11.0 Å². The molecule has 0 aliphatic rings. The molecule has 0 bridgehead atoms. The van der Waals surface area contributed by atoms with Crippen molar-refractivity contribution in [3.05, 3.63) is 34.4 Å². The monoisotopic (exact) mass is 276 g/mol. The predicted molar refractivity (Wildman–Crippen MR) is 74.4 cm³/mol. The Balaban J connectivity index is 2.22. The Morgan fingerprint density at radius 3 is 2.89 bits per heavy atom. The molecule has 6 heteroatoms. The van der Waals surface area contributed by atoms with Crippen LogP contribution in [0.4, 0.5) is 4.39 Å². The first kappa shape index (κ1) is 12.3. The maximum absolute atomic E-state index is 13.4. The van der Waals surface area contributed by atoms with Gasteiger partial charge in [-0.1, -0.05) is 0 Å². The molecule has 3 rings (SSSR count). The van der Waals surface area contributed by atoms with Crippen LogP contribution in [0.15, 0.2) is 23.6 Å². The summed E-state index contributed by atoms with van der Waals surface area (Å²) < 4.78 is 15.3. The number of aryl methyl sites for hydroxylation is 1. The molecule has 0 unspecified atom stereocenters. The number of imidazole rings is 1. The first-order valence-corrected chi connectivity index (χ1v) is 6.91. The van der Waals surface area contributed by atoms with Crippen LogP contribution in [-0.2, 0) is 13.1 Å². The van der Waals surface area contributed by atoms with E-state index in [0.717, 1.165) is 27.6 Å². The quantitative estimate of drug-likeness (QED) is 0.800. The molecule has 0 atom stereocenters. The van der Waals surface area contributed by atoms with E-state index in [0.29, 0.717) is 13.1 Å². The van der Waals surface area contributed by atoms with E-state index in [1.165, 1.54) is 23.5 Å². The molecule has 0 saturated heterocycles. The first-order chi connectivity index (χ1) is 9.22. The minimum absolute atomic E-state index is 0.255. The molecule has 3 aromatic rings. The molecule has 0 amide bonds. The number of benzene rings is 1. The normalized spacial score (nSPS) is 11.3. The van der Waals surface area contributed by atoms with Gasteiger partial charge in [-0.2, -0.15) is 0 Å². The Bertz CT molecular complexity index is 731.